The van der Waals surface area contributed by atoms with Gasteiger partial charge in [-0.3, -0.25) is 0 Å². The minimum atomic E-state index is 0.296. The summed E-state index contributed by atoms with van der Waals surface area (Å²) in [7, 11) is 0. The smallest absolute Gasteiger partial charge is 0.220 e. The maximum atomic E-state index is 5.84. The number of ether oxygens (including phenoxy) is 1. The van der Waals surface area contributed by atoms with Gasteiger partial charge in [-0.2, -0.15) is 5.10 Å². The summed E-state index contributed by atoms with van der Waals surface area (Å²) in [4.78, 5) is 0. The third-order valence-corrected chi connectivity index (χ3v) is 3.63. The molecule has 4 rings (SSSR count). The predicted octanol–water partition coefficient (Wildman–Crippen LogP) is 3.21. The van der Waals surface area contributed by atoms with Gasteiger partial charge in [0, 0.05) is 0 Å². The summed E-state index contributed by atoms with van der Waals surface area (Å²) in [6.07, 6.45) is 0.960. The van der Waals surface area contributed by atoms with Crippen molar-refractivity contribution in [2.45, 2.75) is 12.5 Å². The van der Waals surface area contributed by atoms with Gasteiger partial charge in [0.15, 0.2) is 0 Å². The Morgan fingerprint density at radius 1 is 1.05 bits per heavy atom. The number of aromatic nitrogens is 2. The molecule has 1 aliphatic heterocycles. The molecule has 3 heteroatoms. The highest BCUT2D eigenvalue weighted by Crippen LogP contribution is 2.34. The molecule has 2 aromatic carbocycles. The first-order chi connectivity index (χ1) is 9.42. The topological polar surface area (TPSA) is 27.1 Å². The maximum absolute atomic E-state index is 5.84. The van der Waals surface area contributed by atoms with Crippen LogP contribution in [0.1, 0.15) is 11.6 Å². The molecule has 0 spiro atoms. The second-order valence-electron chi connectivity index (χ2n) is 4.92. The van der Waals surface area contributed by atoms with Gasteiger partial charge in [-0.25, -0.2) is 4.68 Å². The van der Waals surface area contributed by atoms with Gasteiger partial charge in [-0.1, -0.05) is 42.5 Å². The molecule has 94 valence electrons. The Morgan fingerprint density at radius 3 is 2.74 bits per heavy atom. The molecule has 0 radical (unpaired) electrons. The fraction of sp³-hybridized carbons (Fsp3) is 0.188. The molecule has 0 N–H and O–H groups in total. The zero-order chi connectivity index (χ0) is 12.7. The van der Waals surface area contributed by atoms with E-state index in [4.69, 9.17) is 4.74 Å². The molecule has 0 unspecified atom stereocenters. The Morgan fingerprint density at radius 2 is 1.84 bits per heavy atom. The van der Waals surface area contributed by atoms with E-state index in [1.807, 2.05) is 28.9 Å². The maximum Gasteiger partial charge on any atom is 0.220 e. The molecule has 0 saturated heterocycles. The first-order valence-electron chi connectivity index (χ1n) is 6.56. The quantitative estimate of drug-likeness (QED) is 0.698. The van der Waals surface area contributed by atoms with E-state index >= 15 is 0 Å². The SMILES string of the molecule is c1ccc(C[C@H]2COc3c4ccccc4nn32)cc1. The molecule has 0 aliphatic carbocycles. The van der Waals surface area contributed by atoms with Crippen LogP contribution in [0.3, 0.4) is 0 Å². The summed E-state index contributed by atoms with van der Waals surface area (Å²) in [6, 6.07) is 18.9. The number of hydrogen-bond donors (Lipinski definition) is 0. The number of nitrogens with zero attached hydrogens (tertiary/aromatic N) is 2. The van der Waals surface area contributed by atoms with Crippen molar-refractivity contribution in [2.75, 3.05) is 6.61 Å². The van der Waals surface area contributed by atoms with Crippen molar-refractivity contribution < 1.29 is 4.74 Å². The van der Waals surface area contributed by atoms with Crippen molar-refractivity contribution in [1.82, 2.24) is 9.78 Å². The molecular formula is C16H14N2O. The Kier molecular flexibility index (Phi) is 2.30. The predicted molar refractivity (Wildman–Crippen MR) is 74.4 cm³/mol. The third-order valence-electron chi connectivity index (χ3n) is 3.63. The lowest BCUT2D eigenvalue weighted by atomic mass is 10.1. The highest BCUT2D eigenvalue weighted by Gasteiger charge is 2.27. The van der Waals surface area contributed by atoms with Crippen LogP contribution in [-0.4, -0.2) is 16.4 Å². The Balaban J connectivity index is 1.72. The number of fused-ring (bicyclic) bond motifs is 3. The van der Waals surface area contributed by atoms with Crippen molar-refractivity contribution in [1.29, 1.82) is 0 Å². The lowest BCUT2D eigenvalue weighted by Crippen LogP contribution is -2.11. The van der Waals surface area contributed by atoms with Crippen molar-refractivity contribution in [2.24, 2.45) is 0 Å². The number of benzene rings is 2. The van der Waals surface area contributed by atoms with Crippen LogP contribution in [0.15, 0.2) is 54.6 Å². The molecule has 19 heavy (non-hydrogen) atoms. The molecule has 3 aromatic rings. The van der Waals surface area contributed by atoms with Gasteiger partial charge in [-0.15, -0.1) is 0 Å². The number of hydrogen-bond acceptors (Lipinski definition) is 2. The summed E-state index contributed by atoms with van der Waals surface area (Å²) >= 11 is 0. The van der Waals surface area contributed by atoms with Gasteiger partial charge in [0.2, 0.25) is 5.88 Å². The zero-order valence-corrected chi connectivity index (χ0v) is 10.5. The van der Waals surface area contributed by atoms with E-state index in [2.05, 4.69) is 35.4 Å². The second kappa shape index (κ2) is 4.12. The largest absolute Gasteiger partial charge is 0.475 e. The van der Waals surface area contributed by atoms with Crippen LogP contribution in [-0.2, 0) is 6.42 Å². The summed E-state index contributed by atoms with van der Waals surface area (Å²) in [5, 5.41) is 5.77. The van der Waals surface area contributed by atoms with E-state index in [-0.39, 0.29) is 0 Å². The van der Waals surface area contributed by atoms with Gasteiger partial charge < -0.3 is 4.74 Å². The Hall–Kier alpha value is -2.29. The average molecular weight is 250 g/mol. The molecule has 1 aromatic heterocycles. The van der Waals surface area contributed by atoms with Gasteiger partial charge in [-0.05, 0) is 24.1 Å². The molecule has 1 aliphatic rings. The lowest BCUT2D eigenvalue weighted by molar-refractivity contribution is 0.326. The van der Waals surface area contributed by atoms with Crippen molar-refractivity contribution in [3.63, 3.8) is 0 Å². The summed E-state index contributed by atoms with van der Waals surface area (Å²) in [6.45, 7) is 0.710. The normalized spacial score (nSPS) is 17.4. The summed E-state index contributed by atoms with van der Waals surface area (Å²) in [5.41, 5.74) is 2.33. The second-order valence-corrected chi connectivity index (χ2v) is 4.92. The van der Waals surface area contributed by atoms with Crippen LogP contribution >= 0.6 is 0 Å². The van der Waals surface area contributed by atoms with Crippen LogP contribution in [0.5, 0.6) is 5.88 Å². The van der Waals surface area contributed by atoms with Crippen LogP contribution in [0, 0.1) is 0 Å². The van der Waals surface area contributed by atoms with Crippen LogP contribution < -0.4 is 4.74 Å². The lowest BCUT2D eigenvalue weighted by Gasteiger charge is -2.08. The molecule has 1 atom stereocenters. The molecule has 0 saturated carbocycles. The minimum Gasteiger partial charge on any atom is -0.475 e. The first kappa shape index (κ1) is 10.6. The highest BCUT2D eigenvalue weighted by molar-refractivity contribution is 5.84. The summed E-state index contributed by atoms with van der Waals surface area (Å²) < 4.78 is 7.88. The van der Waals surface area contributed by atoms with E-state index in [9.17, 15) is 0 Å². The monoisotopic (exact) mass is 250 g/mol. The van der Waals surface area contributed by atoms with Gasteiger partial charge >= 0.3 is 0 Å². The first-order valence-corrected chi connectivity index (χ1v) is 6.56. The number of rotatable bonds is 2. The Labute approximate surface area is 111 Å². The van der Waals surface area contributed by atoms with Gasteiger partial charge in [0.05, 0.1) is 16.9 Å². The van der Waals surface area contributed by atoms with E-state index < -0.39 is 0 Å². The van der Waals surface area contributed by atoms with E-state index in [1.54, 1.807) is 0 Å². The van der Waals surface area contributed by atoms with Crippen molar-refractivity contribution in [3.8, 4) is 5.88 Å². The van der Waals surface area contributed by atoms with E-state index in [1.165, 1.54) is 5.56 Å². The zero-order valence-electron chi connectivity index (χ0n) is 10.5. The average Bonchev–Trinajstić information content (AvgIpc) is 3.00. The molecule has 0 fully saturated rings. The summed E-state index contributed by atoms with van der Waals surface area (Å²) in [5.74, 6) is 0.913. The van der Waals surface area contributed by atoms with Crippen molar-refractivity contribution in [3.05, 3.63) is 60.2 Å². The van der Waals surface area contributed by atoms with E-state index in [0.29, 0.717) is 12.6 Å². The van der Waals surface area contributed by atoms with Crippen LogP contribution in [0.25, 0.3) is 10.9 Å². The van der Waals surface area contributed by atoms with Crippen LogP contribution in [0.4, 0.5) is 0 Å². The van der Waals surface area contributed by atoms with Gasteiger partial charge in [0.25, 0.3) is 0 Å². The molecule has 0 bridgehead atoms. The standard InChI is InChI=1S/C16H14N2O/c1-2-6-12(7-3-1)10-13-11-19-16-14-8-4-5-9-15(14)17-18(13)16/h1-9,13H,10-11H2/t13-/m0/s1. The molecular weight excluding hydrogens is 236 g/mol. The molecule has 2 heterocycles. The van der Waals surface area contributed by atoms with E-state index in [0.717, 1.165) is 23.2 Å². The third kappa shape index (κ3) is 1.70. The highest BCUT2D eigenvalue weighted by atomic mass is 16.5. The van der Waals surface area contributed by atoms with Gasteiger partial charge in [0.1, 0.15) is 6.61 Å². The van der Waals surface area contributed by atoms with Crippen LogP contribution in [0.2, 0.25) is 0 Å². The van der Waals surface area contributed by atoms with Crippen molar-refractivity contribution >= 4 is 10.9 Å². The fourth-order valence-electron chi connectivity index (χ4n) is 2.70. The fourth-order valence-corrected chi connectivity index (χ4v) is 2.70. The molecule has 3 nitrogen and oxygen atoms in total. The minimum absolute atomic E-state index is 0.296. The Bertz CT molecular complexity index is 718. The molecule has 0 amide bonds.